The van der Waals surface area contributed by atoms with Crippen LogP contribution < -0.4 is 15.5 Å². The Balaban J connectivity index is 1.58. The summed E-state index contributed by atoms with van der Waals surface area (Å²) in [5, 5.41) is 5.48. The van der Waals surface area contributed by atoms with Crippen molar-refractivity contribution in [3.63, 3.8) is 0 Å². The van der Waals surface area contributed by atoms with Crippen LogP contribution in [0.3, 0.4) is 0 Å². The zero-order valence-electron chi connectivity index (χ0n) is 13.8. The second-order valence-corrected chi connectivity index (χ2v) is 5.99. The van der Waals surface area contributed by atoms with Crippen molar-refractivity contribution in [3.8, 4) is 0 Å². The zero-order chi connectivity index (χ0) is 17.6. The molecule has 0 aliphatic carbocycles. The highest BCUT2D eigenvalue weighted by Gasteiger charge is 2.19. The fourth-order valence-corrected chi connectivity index (χ4v) is 2.79. The van der Waals surface area contributed by atoms with E-state index in [-0.39, 0.29) is 17.8 Å². The number of benzene rings is 2. The number of rotatable bonds is 4. The second kappa shape index (κ2) is 7.79. The van der Waals surface area contributed by atoms with Gasteiger partial charge in [0.1, 0.15) is 5.82 Å². The Morgan fingerprint density at radius 2 is 1.92 bits per heavy atom. The molecule has 2 aromatic rings. The van der Waals surface area contributed by atoms with E-state index in [4.69, 9.17) is 0 Å². The second-order valence-electron chi connectivity index (χ2n) is 5.99. The van der Waals surface area contributed by atoms with E-state index in [0.29, 0.717) is 25.2 Å². The quantitative estimate of drug-likeness (QED) is 0.891. The molecule has 0 bridgehead atoms. The van der Waals surface area contributed by atoms with E-state index in [1.165, 1.54) is 12.1 Å². The van der Waals surface area contributed by atoms with Gasteiger partial charge < -0.3 is 15.5 Å². The summed E-state index contributed by atoms with van der Waals surface area (Å²) >= 11 is 0. The van der Waals surface area contributed by atoms with E-state index in [2.05, 4.69) is 10.6 Å². The van der Waals surface area contributed by atoms with Gasteiger partial charge in [0.05, 0.1) is 0 Å². The number of carbonyl (C=O) groups is 2. The van der Waals surface area contributed by atoms with Gasteiger partial charge in [0.15, 0.2) is 0 Å². The Bertz CT molecular complexity index is 762. The lowest BCUT2D eigenvalue weighted by molar-refractivity contribution is -0.119. The average Bonchev–Trinajstić information content (AvgIpc) is 2.62. The van der Waals surface area contributed by atoms with Crippen LogP contribution in [0, 0.1) is 5.82 Å². The van der Waals surface area contributed by atoms with Crippen molar-refractivity contribution in [1.29, 1.82) is 0 Å². The number of hydrogen-bond donors (Lipinski definition) is 2. The molecule has 1 aliphatic heterocycles. The van der Waals surface area contributed by atoms with Crippen LogP contribution in [0.5, 0.6) is 0 Å². The summed E-state index contributed by atoms with van der Waals surface area (Å²) in [5.41, 5.74) is 2.22. The molecule has 0 spiro atoms. The number of nitrogens with zero attached hydrogens (tertiary/aromatic N) is 1. The monoisotopic (exact) mass is 341 g/mol. The lowest BCUT2D eigenvalue weighted by Gasteiger charge is -2.27. The number of carbonyl (C=O) groups excluding carboxylic acids is 2. The Morgan fingerprint density at radius 1 is 1.12 bits per heavy atom. The van der Waals surface area contributed by atoms with Gasteiger partial charge in [-0.3, -0.25) is 4.79 Å². The van der Waals surface area contributed by atoms with E-state index in [9.17, 15) is 14.0 Å². The molecule has 0 unspecified atom stereocenters. The number of anilines is 2. The third-order valence-electron chi connectivity index (χ3n) is 4.11. The molecule has 3 rings (SSSR count). The van der Waals surface area contributed by atoms with Crippen LogP contribution >= 0.6 is 0 Å². The Labute approximate surface area is 145 Å². The molecule has 25 heavy (non-hydrogen) atoms. The Morgan fingerprint density at radius 3 is 2.68 bits per heavy atom. The van der Waals surface area contributed by atoms with Gasteiger partial charge in [0.25, 0.3) is 0 Å². The van der Waals surface area contributed by atoms with Gasteiger partial charge in [-0.1, -0.05) is 18.2 Å². The molecule has 1 fully saturated rings. The van der Waals surface area contributed by atoms with Crippen LogP contribution in [-0.4, -0.2) is 18.5 Å². The fourth-order valence-electron chi connectivity index (χ4n) is 2.79. The maximum Gasteiger partial charge on any atom is 0.319 e. The number of nitrogens with one attached hydrogen (secondary N) is 2. The smallest absolute Gasteiger partial charge is 0.319 e. The lowest BCUT2D eigenvalue weighted by atomic mass is 10.1. The minimum absolute atomic E-state index is 0.115. The van der Waals surface area contributed by atoms with Crippen molar-refractivity contribution in [2.24, 2.45) is 0 Å². The topological polar surface area (TPSA) is 61.4 Å². The summed E-state index contributed by atoms with van der Waals surface area (Å²) in [4.78, 5) is 25.8. The highest BCUT2D eigenvalue weighted by molar-refractivity contribution is 5.95. The van der Waals surface area contributed by atoms with Crippen molar-refractivity contribution in [3.05, 3.63) is 59.9 Å². The normalized spacial score (nSPS) is 14.3. The molecule has 6 heteroatoms. The molecule has 5 nitrogen and oxygen atoms in total. The summed E-state index contributed by atoms with van der Waals surface area (Å²) < 4.78 is 12.9. The van der Waals surface area contributed by atoms with Crippen molar-refractivity contribution >= 4 is 23.3 Å². The first-order chi connectivity index (χ1) is 12.1. The van der Waals surface area contributed by atoms with E-state index in [1.807, 2.05) is 12.1 Å². The van der Waals surface area contributed by atoms with Crippen molar-refractivity contribution < 1.29 is 14.0 Å². The van der Waals surface area contributed by atoms with E-state index < -0.39 is 0 Å². The molecule has 1 aliphatic rings. The maximum atomic E-state index is 12.9. The molecular weight excluding hydrogens is 321 g/mol. The van der Waals surface area contributed by atoms with Gasteiger partial charge in [0, 0.05) is 30.9 Å². The van der Waals surface area contributed by atoms with Crippen LogP contribution in [0.25, 0.3) is 0 Å². The molecule has 130 valence electrons. The third-order valence-corrected chi connectivity index (χ3v) is 4.11. The lowest BCUT2D eigenvalue weighted by Crippen LogP contribution is -2.35. The van der Waals surface area contributed by atoms with Gasteiger partial charge in [-0.2, -0.15) is 0 Å². The van der Waals surface area contributed by atoms with Gasteiger partial charge in [-0.25, -0.2) is 9.18 Å². The van der Waals surface area contributed by atoms with E-state index in [1.54, 1.807) is 29.2 Å². The molecule has 0 atom stereocenters. The standard InChI is InChI=1S/C19H20FN3O2/c20-15-9-7-14(8-10-15)13-21-19(25)22-16-4-3-5-17(12-16)23-11-2-1-6-18(23)24/h3-5,7-10,12H,1-2,6,11,13H2,(H2,21,22,25). The van der Waals surface area contributed by atoms with Crippen molar-refractivity contribution in [1.82, 2.24) is 5.32 Å². The van der Waals surface area contributed by atoms with E-state index >= 15 is 0 Å². The fraction of sp³-hybridized carbons (Fsp3) is 0.263. The SMILES string of the molecule is O=C(NCc1ccc(F)cc1)Nc1cccc(N2CCCCC2=O)c1. The Hall–Kier alpha value is -2.89. The first-order valence-corrected chi connectivity index (χ1v) is 8.31. The number of piperidine rings is 1. The number of amides is 3. The largest absolute Gasteiger partial charge is 0.334 e. The summed E-state index contributed by atoms with van der Waals surface area (Å²) in [7, 11) is 0. The average molecular weight is 341 g/mol. The molecule has 0 saturated carbocycles. The summed E-state index contributed by atoms with van der Waals surface area (Å²) in [6.45, 7) is 1.01. The molecule has 0 radical (unpaired) electrons. The minimum atomic E-state index is -0.355. The minimum Gasteiger partial charge on any atom is -0.334 e. The first-order valence-electron chi connectivity index (χ1n) is 8.31. The first kappa shape index (κ1) is 17.0. The predicted octanol–water partition coefficient (Wildman–Crippen LogP) is 3.66. The van der Waals surface area contributed by atoms with Gasteiger partial charge >= 0.3 is 6.03 Å². The van der Waals surface area contributed by atoms with E-state index in [0.717, 1.165) is 24.1 Å². The zero-order valence-corrected chi connectivity index (χ0v) is 13.8. The molecule has 1 heterocycles. The summed E-state index contributed by atoms with van der Waals surface area (Å²) in [6, 6.07) is 12.8. The van der Waals surface area contributed by atoms with Crippen molar-refractivity contribution in [2.75, 3.05) is 16.8 Å². The molecule has 0 aromatic heterocycles. The van der Waals surface area contributed by atoms with Gasteiger partial charge in [-0.15, -0.1) is 0 Å². The van der Waals surface area contributed by atoms with Crippen molar-refractivity contribution in [2.45, 2.75) is 25.8 Å². The molecule has 3 amide bonds. The van der Waals surface area contributed by atoms with Gasteiger partial charge in [-0.05, 0) is 48.7 Å². The number of urea groups is 1. The molecular formula is C19H20FN3O2. The van der Waals surface area contributed by atoms with Crippen LogP contribution in [-0.2, 0) is 11.3 Å². The third kappa shape index (κ3) is 4.56. The number of halogens is 1. The maximum absolute atomic E-state index is 12.9. The molecule has 1 saturated heterocycles. The summed E-state index contributed by atoms with van der Waals surface area (Å²) in [5.74, 6) is -0.193. The number of hydrogen-bond acceptors (Lipinski definition) is 2. The van der Waals surface area contributed by atoms with Crippen LogP contribution in [0.1, 0.15) is 24.8 Å². The van der Waals surface area contributed by atoms with Crippen LogP contribution in [0.2, 0.25) is 0 Å². The van der Waals surface area contributed by atoms with Crippen LogP contribution in [0.15, 0.2) is 48.5 Å². The molecule has 2 N–H and O–H groups in total. The van der Waals surface area contributed by atoms with Crippen LogP contribution in [0.4, 0.5) is 20.6 Å². The Kier molecular flexibility index (Phi) is 5.28. The van der Waals surface area contributed by atoms with Gasteiger partial charge in [0.2, 0.25) is 5.91 Å². The highest BCUT2D eigenvalue weighted by Crippen LogP contribution is 2.23. The molecule has 2 aromatic carbocycles. The predicted molar refractivity (Wildman–Crippen MR) is 94.9 cm³/mol. The summed E-state index contributed by atoms with van der Waals surface area (Å²) in [6.07, 6.45) is 2.48. The highest BCUT2D eigenvalue weighted by atomic mass is 19.1.